The minimum absolute atomic E-state index is 0.235. The molecule has 1 aliphatic carbocycles. The van der Waals surface area contributed by atoms with Crippen LogP contribution in [0.1, 0.15) is 6.42 Å². The molecule has 0 aromatic carbocycles. The van der Waals surface area contributed by atoms with Crippen molar-refractivity contribution in [3.63, 3.8) is 0 Å². The van der Waals surface area contributed by atoms with Gasteiger partial charge in [0.1, 0.15) is 5.76 Å². The molecule has 1 rings (SSSR count). The summed E-state index contributed by atoms with van der Waals surface area (Å²) >= 11 is 0. The second-order valence-corrected chi connectivity index (χ2v) is 2.42. The zero-order valence-corrected chi connectivity index (χ0v) is 6.14. The van der Waals surface area contributed by atoms with Gasteiger partial charge in [-0.15, -0.1) is 13.2 Å². The number of rotatable bonds is 1. The Morgan fingerprint density at radius 2 is 2.17 bits per heavy atom. The number of alkyl halides is 3. The lowest BCUT2D eigenvalue weighted by molar-refractivity contribution is -0.303. The van der Waals surface area contributed by atoms with Crippen molar-refractivity contribution < 1.29 is 17.9 Å². The van der Waals surface area contributed by atoms with E-state index in [9.17, 15) is 13.2 Å². The van der Waals surface area contributed by atoms with Gasteiger partial charge in [0.05, 0.1) is 0 Å². The molecule has 1 unspecified atom stereocenters. The number of nitrogens with two attached hydrogens (primary N) is 1. The fraction of sp³-hybridized carbons (Fsp3) is 0.429. The molecule has 2 nitrogen and oxygen atoms in total. The first kappa shape index (κ1) is 9.12. The van der Waals surface area contributed by atoms with Crippen LogP contribution in [-0.4, -0.2) is 12.4 Å². The zero-order chi connectivity index (χ0) is 9.19. The maximum atomic E-state index is 11.6. The van der Waals surface area contributed by atoms with E-state index in [2.05, 4.69) is 4.74 Å². The minimum atomic E-state index is -4.63. The van der Waals surface area contributed by atoms with Crippen molar-refractivity contribution in [2.45, 2.75) is 18.8 Å². The van der Waals surface area contributed by atoms with Crippen LogP contribution in [0.5, 0.6) is 0 Å². The Hall–Kier alpha value is -0.970. The summed E-state index contributed by atoms with van der Waals surface area (Å²) in [5.74, 6) is -0.235. The number of halogens is 3. The van der Waals surface area contributed by atoms with Crippen LogP contribution in [0.4, 0.5) is 13.2 Å². The monoisotopic (exact) mass is 179 g/mol. The van der Waals surface area contributed by atoms with E-state index in [1.807, 2.05) is 0 Å². The molecule has 12 heavy (non-hydrogen) atoms. The van der Waals surface area contributed by atoms with Crippen molar-refractivity contribution in [2.75, 3.05) is 0 Å². The first-order chi connectivity index (χ1) is 5.47. The lowest BCUT2D eigenvalue weighted by atomic mass is 10.1. The van der Waals surface area contributed by atoms with Crippen molar-refractivity contribution in [3.05, 3.63) is 24.0 Å². The maximum Gasteiger partial charge on any atom is 0.573 e. The summed E-state index contributed by atoms with van der Waals surface area (Å²) in [7, 11) is 0. The van der Waals surface area contributed by atoms with Crippen LogP contribution in [0.2, 0.25) is 0 Å². The Kier molecular flexibility index (Phi) is 2.42. The quantitative estimate of drug-likeness (QED) is 0.664. The van der Waals surface area contributed by atoms with Crippen LogP contribution in [0.15, 0.2) is 24.0 Å². The molecule has 1 atom stereocenters. The summed E-state index contributed by atoms with van der Waals surface area (Å²) in [6, 6.07) is -0.382. The van der Waals surface area contributed by atoms with Crippen LogP contribution in [-0.2, 0) is 4.74 Å². The van der Waals surface area contributed by atoms with Crippen molar-refractivity contribution in [3.8, 4) is 0 Å². The summed E-state index contributed by atoms with van der Waals surface area (Å²) in [6.45, 7) is 0. The van der Waals surface area contributed by atoms with Gasteiger partial charge < -0.3 is 10.5 Å². The number of hydrogen-bond donors (Lipinski definition) is 1. The highest BCUT2D eigenvalue weighted by atomic mass is 19.4. The normalized spacial score (nSPS) is 23.7. The molecule has 0 heterocycles. The molecule has 0 aliphatic heterocycles. The fourth-order valence-electron chi connectivity index (χ4n) is 0.878. The molecule has 68 valence electrons. The van der Waals surface area contributed by atoms with E-state index in [-0.39, 0.29) is 11.8 Å². The maximum absolute atomic E-state index is 11.6. The molecular formula is C7H8F3NO. The van der Waals surface area contributed by atoms with E-state index >= 15 is 0 Å². The van der Waals surface area contributed by atoms with Crippen molar-refractivity contribution in [1.82, 2.24) is 0 Å². The molecule has 0 amide bonds. The summed E-state index contributed by atoms with van der Waals surface area (Å²) in [5, 5.41) is 0. The number of ether oxygens (including phenoxy) is 1. The highest BCUT2D eigenvalue weighted by Gasteiger charge is 2.31. The Balaban J connectivity index is 2.58. The SMILES string of the molecule is NC1C=C(OC(F)(F)F)C=CC1. The average Bonchev–Trinajstić information content (AvgIpc) is 1.82. The number of allylic oxidation sites excluding steroid dienone is 1. The third kappa shape index (κ3) is 2.96. The Labute approximate surface area is 67.5 Å². The van der Waals surface area contributed by atoms with Gasteiger partial charge in [0, 0.05) is 6.04 Å². The third-order valence-corrected chi connectivity index (χ3v) is 1.30. The summed E-state index contributed by atoms with van der Waals surface area (Å²) in [4.78, 5) is 0. The highest BCUT2D eigenvalue weighted by Crippen LogP contribution is 2.23. The summed E-state index contributed by atoms with van der Waals surface area (Å²) in [6.07, 6.45) is -0.0337. The van der Waals surface area contributed by atoms with Gasteiger partial charge in [0.2, 0.25) is 0 Å². The van der Waals surface area contributed by atoms with Crippen LogP contribution < -0.4 is 5.73 Å². The van der Waals surface area contributed by atoms with Gasteiger partial charge in [-0.2, -0.15) is 0 Å². The summed E-state index contributed by atoms with van der Waals surface area (Å²) in [5.41, 5.74) is 5.37. The Morgan fingerprint density at radius 1 is 1.50 bits per heavy atom. The van der Waals surface area contributed by atoms with E-state index < -0.39 is 6.36 Å². The highest BCUT2D eigenvalue weighted by molar-refractivity contribution is 5.20. The van der Waals surface area contributed by atoms with Crippen LogP contribution in [0.3, 0.4) is 0 Å². The molecule has 0 spiro atoms. The van der Waals surface area contributed by atoms with Gasteiger partial charge in [0.15, 0.2) is 0 Å². The lowest BCUT2D eigenvalue weighted by Crippen LogP contribution is -2.21. The van der Waals surface area contributed by atoms with Crippen LogP contribution in [0, 0.1) is 0 Å². The Morgan fingerprint density at radius 3 is 2.67 bits per heavy atom. The van der Waals surface area contributed by atoms with Crippen LogP contribution >= 0.6 is 0 Å². The fourth-order valence-corrected chi connectivity index (χ4v) is 0.878. The third-order valence-electron chi connectivity index (χ3n) is 1.30. The molecule has 0 fully saturated rings. The zero-order valence-electron chi connectivity index (χ0n) is 6.14. The summed E-state index contributed by atoms with van der Waals surface area (Å²) < 4.78 is 38.5. The molecule has 1 aliphatic rings. The van der Waals surface area contributed by atoms with Gasteiger partial charge in [-0.1, -0.05) is 6.08 Å². The molecule has 0 radical (unpaired) electrons. The molecular weight excluding hydrogens is 171 g/mol. The van der Waals surface area contributed by atoms with Crippen molar-refractivity contribution in [1.29, 1.82) is 0 Å². The van der Waals surface area contributed by atoms with Gasteiger partial charge in [-0.25, -0.2) is 0 Å². The molecule has 5 heteroatoms. The van der Waals surface area contributed by atoms with E-state index in [0.29, 0.717) is 6.42 Å². The molecule has 0 aromatic rings. The second-order valence-electron chi connectivity index (χ2n) is 2.42. The minimum Gasteiger partial charge on any atom is -0.406 e. The first-order valence-electron chi connectivity index (χ1n) is 3.37. The molecule has 0 bridgehead atoms. The van der Waals surface area contributed by atoms with Gasteiger partial charge in [0.25, 0.3) is 0 Å². The standard InChI is InChI=1S/C7H8F3NO/c8-7(9,10)12-6-3-1-2-5(11)4-6/h1,3-5H,2,11H2. The molecule has 0 aromatic heterocycles. The average molecular weight is 179 g/mol. The lowest BCUT2D eigenvalue weighted by Gasteiger charge is -2.14. The van der Waals surface area contributed by atoms with Crippen molar-refractivity contribution >= 4 is 0 Å². The predicted octanol–water partition coefficient (Wildman–Crippen LogP) is 1.69. The smallest absolute Gasteiger partial charge is 0.406 e. The largest absolute Gasteiger partial charge is 0.573 e. The molecule has 2 N–H and O–H groups in total. The number of hydrogen-bond acceptors (Lipinski definition) is 2. The van der Waals surface area contributed by atoms with E-state index in [0.717, 1.165) is 0 Å². The van der Waals surface area contributed by atoms with E-state index in [1.54, 1.807) is 6.08 Å². The van der Waals surface area contributed by atoms with E-state index in [1.165, 1.54) is 12.2 Å². The predicted molar refractivity (Wildman–Crippen MR) is 37.0 cm³/mol. The van der Waals surface area contributed by atoms with Crippen LogP contribution in [0.25, 0.3) is 0 Å². The van der Waals surface area contributed by atoms with E-state index in [4.69, 9.17) is 5.73 Å². The first-order valence-corrected chi connectivity index (χ1v) is 3.37. The molecule has 0 saturated heterocycles. The Bertz CT molecular complexity index is 219. The topological polar surface area (TPSA) is 35.2 Å². The van der Waals surface area contributed by atoms with Gasteiger partial charge in [-0.05, 0) is 18.6 Å². The van der Waals surface area contributed by atoms with Crippen molar-refractivity contribution in [2.24, 2.45) is 5.73 Å². The van der Waals surface area contributed by atoms with Gasteiger partial charge >= 0.3 is 6.36 Å². The van der Waals surface area contributed by atoms with Gasteiger partial charge in [-0.3, -0.25) is 0 Å². The molecule has 0 saturated carbocycles. The second kappa shape index (κ2) is 3.18.